The Hall–Kier alpha value is -0.520. The predicted octanol–water partition coefficient (Wildman–Crippen LogP) is 1.75. The highest BCUT2D eigenvalue weighted by molar-refractivity contribution is 5.09. The molecule has 0 amide bonds. The number of nitrogens with one attached hydrogen (secondary N) is 1. The molecule has 0 aromatic carbocycles. The van der Waals surface area contributed by atoms with Crippen molar-refractivity contribution in [1.29, 1.82) is 0 Å². The summed E-state index contributed by atoms with van der Waals surface area (Å²) < 4.78 is 0. The molecule has 0 heterocycles. The summed E-state index contributed by atoms with van der Waals surface area (Å²) in [4.78, 5) is 0. The molecule has 0 radical (unpaired) electrons. The Labute approximate surface area is 94.0 Å². The fourth-order valence-electron chi connectivity index (χ4n) is 3.12. The zero-order valence-electron chi connectivity index (χ0n) is 10.4. The number of hydrogen-bond acceptors (Lipinski definition) is 2. The lowest BCUT2D eigenvalue weighted by atomic mass is 9.85. The van der Waals surface area contributed by atoms with E-state index in [0.29, 0.717) is 17.9 Å². The summed E-state index contributed by atoms with van der Waals surface area (Å²) in [6.45, 7) is 9.59. The van der Waals surface area contributed by atoms with Gasteiger partial charge in [-0.05, 0) is 31.1 Å². The molecule has 3 atom stereocenters. The molecule has 3 N–H and O–H groups in total. The molecule has 1 fully saturated rings. The van der Waals surface area contributed by atoms with Crippen LogP contribution >= 0.6 is 0 Å². The molecule has 0 saturated heterocycles. The van der Waals surface area contributed by atoms with Crippen LogP contribution in [0.2, 0.25) is 0 Å². The maximum Gasteiger partial charge on any atom is 0.0663 e. The van der Waals surface area contributed by atoms with E-state index in [1.807, 2.05) is 6.92 Å². The Morgan fingerprint density at radius 1 is 1.60 bits per heavy atom. The summed E-state index contributed by atoms with van der Waals surface area (Å²) in [5.41, 5.74) is 6.36. The fraction of sp³-hybridized carbons (Fsp3) is 0.846. The van der Waals surface area contributed by atoms with Gasteiger partial charge in [0.1, 0.15) is 0 Å². The van der Waals surface area contributed by atoms with Gasteiger partial charge in [0.15, 0.2) is 0 Å². The normalized spacial score (nSPS) is 36.1. The highest BCUT2D eigenvalue weighted by atomic mass is 15.0. The van der Waals surface area contributed by atoms with Crippen LogP contribution in [0.25, 0.3) is 0 Å². The van der Waals surface area contributed by atoms with E-state index in [4.69, 9.17) is 12.2 Å². The lowest BCUT2D eigenvalue weighted by molar-refractivity contribution is 0.248. The SMILES string of the molecule is C#CC(C)NC1(CN)CC(C)(C)CC1C. The van der Waals surface area contributed by atoms with Crippen LogP contribution in [0.3, 0.4) is 0 Å². The lowest BCUT2D eigenvalue weighted by Gasteiger charge is -2.36. The van der Waals surface area contributed by atoms with E-state index in [1.54, 1.807) is 0 Å². The number of hydrogen-bond donors (Lipinski definition) is 2. The van der Waals surface area contributed by atoms with Crippen LogP contribution in [0.4, 0.5) is 0 Å². The third-order valence-corrected chi connectivity index (χ3v) is 3.71. The van der Waals surface area contributed by atoms with Crippen LogP contribution in [0.15, 0.2) is 0 Å². The molecule has 1 aliphatic rings. The zero-order valence-corrected chi connectivity index (χ0v) is 10.4. The molecule has 86 valence electrons. The number of terminal acetylenes is 1. The van der Waals surface area contributed by atoms with Gasteiger partial charge in [-0.25, -0.2) is 0 Å². The minimum atomic E-state index is 0.0370. The van der Waals surface area contributed by atoms with Crippen molar-refractivity contribution < 1.29 is 0 Å². The first-order valence-corrected chi connectivity index (χ1v) is 5.79. The van der Waals surface area contributed by atoms with E-state index in [-0.39, 0.29) is 11.6 Å². The van der Waals surface area contributed by atoms with Crippen molar-refractivity contribution in [3.8, 4) is 12.3 Å². The molecule has 2 heteroatoms. The van der Waals surface area contributed by atoms with E-state index >= 15 is 0 Å². The lowest BCUT2D eigenvalue weighted by Crippen LogP contribution is -2.56. The van der Waals surface area contributed by atoms with Gasteiger partial charge in [0.05, 0.1) is 6.04 Å². The first kappa shape index (κ1) is 12.5. The fourth-order valence-corrected chi connectivity index (χ4v) is 3.12. The molecule has 3 unspecified atom stereocenters. The summed E-state index contributed by atoms with van der Waals surface area (Å²) in [6.07, 6.45) is 7.75. The van der Waals surface area contributed by atoms with Gasteiger partial charge >= 0.3 is 0 Å². The van der Waals surface area contributed by atoms with Gasteiger partial charge in [0, 0.05) is 12.1 Å². The Bertz CT molecular complexity index is 264. The maximum absolute atomic E-state index is 5.95. The van der Waals surface area contributed by atoms with Crippen LogP contribution in [-0.2, 0) is 0 Å². The monoisotopic (exact) mass is 208 g/mol. The topological polar surface area (TPSA) is 38.0 Å². The molecule has 0 spiro atoms. The molecule has 0 aromatic rings. The molecular formula is C13H24N2. The summed E-state index contributed by atoms with van der Waals surface area (Å²) in [7, 11) is 0. The molecule has 2 nitrogen and oxygen atoms in total. The molecule has 0 aromatic heterocycles. The predicted molar refractivity (Wildman–Crippen MR) is 65.4 cm³/mol. The Morgan fingerprint density at radius 3 is 2.53 bits per heavy atom. The van der Waals surface area contributed by atoms with Crippen LogP contribution in [0.1, 0.15) is 40.5 Å². The third kappa shape index (κ3) is 2.53. The highest BCUT2D eigenvalue weighted by Crippen LogP contribution is 2.47. The van der Waals surface area contributed by atoms with E-state index in [9.17, 15) is 0 Å². The second-order valence-corrected chi connectivity index (χ2v) is 5.84. The van der Waals surface area contributed by atoms with Gasteiger partial charge in [0.25, 0.3) is 0 Å². The summed E-state index contributed by atoms with van der Waals surface area (Å²) in [5.74, 6) is 3.32. The Morgan fingerprint density at radius 2 is 2.20 bits per heavy atom. The molecular weight excluding hydrogens is 184 g/mol. The van der Waals surface area contributed by atoms with Gasteiger partial charge in [-0.15, -0.1) is 6.42 Å². The largest absolute Gasteiger partial charge is 0.329 e. The second kappa shape index (κ2) is 4.15. The van der Waals surface area contributed by atoms with Gasteiger partial charge in [-0.3, -0.25) is 5.32 Å². The minimum Gasteiger partial charge on any atom is -0.329 e. The first-order valence-electron chi connectivity index (χ1n) is 5.79. The minimum absolute atomic E-state index is 0.0370. The van der Waals surface area contributed by atoms with Crippen molar-refractivity contribution in [3.05, 3.63) is 0 Å². The van der Waals surface area contributed by atoms with Crippen LogP contribution in [0, 0.1) is 23.7 Å². The number of rotatable bonds is 3. The van der Waals surface area contributed by atoms with Crippen molar-refractivity contribution in [2.24, 2.45) is 17.1 Å². The van der Waals surface area contributed by atoms with Crippen molar-refractivity contribution in [1.82, 2.24) is 5.32 Å². The van der Waals surface area contributed by atoms with Crippen LogP contribution in [0.5, 0.6) is 0 Å². The van der Waals surface area contributed by atoms with E-state index in [1.165, 1.54) is 6.42 Å². The zero-order chi connectivity index (χ0) is 11.7. The molecule has 1 aliphatic carbocycles. The van der Waals surface area contributed by atoms with Gasteiger partial charge in [-0.2, -0.15) is 0 Å². The Balaban J connectivity index is 2.82. The van der Waals surface area contributed by atoms with Gasteiger partial charge in [0.2, 0.25) is 0 Å². The summed E-state index contributed by atoms with van der Waals surface area (Å²) in [5, 5.41) is 3.54. The molecule has 15 heavy (non-hydrogen) atoms. The average Bonchev–Trinajstić information content (AvgIpc) is 2.36. The quantitative estimate of drug-likeness (QED) is 0.694. The summed E-state index contributed by atoms with van der Waals surface area (Å²) >= 11 is 0. The molecule has 0 aliphatic heterocycles. The highest BCUT2D eigenvalue weighted by Gasteiger charge is 2.47. The smallest absolute Gasteiger partial charge is 0.0663 e. The van der Waals surface area contributed by atoms with E-state index < -0.39 is 0 Å². The Kier molecular flexibility index (Phi) is 3.48. The first-order chi connectivity index (χ1) is 6.85. The maximum atomic E-state index is 5.95. The van der Waals surface area contributed by atoms with Crippen molar-refractivity contribution >= 4 is 0 Å². The van der Waals surface area contributed by atoms with Gasteiger partial charge < -0.3 is 5.73 Å². The summed E-state index contributed by atoms with van der Waals surface area (Å²) in [6, 6.07) is 0.102. The standard InChI is InChI=1S/C13H24N2/c1-6-11(3)15-13(9-14)8-12(4,5)7-10(13)2/h1,10-11,15H,7-9,14H2,2-5H3. The molecule has 1 rings (SSSR count). The second-order valence-electron chi connectivity index (χ2n) is 5.84. The number of nitrogens with two attached hydrogens (primary N) is 1. The van der Waals surface area contributed by atoms with Crippen LogP contribution in [-0.4, -0.2) is 18.1 Å². The van der Waals surface area contributed by atoms with Crippen molar-refractivity contribution in [2.45, 2.75) is 52.1 Å². The molecule has 0 bridgehead atoms. The van der Waals surface area contributed by atoms with E-state index in [0.717, 1.165) is 6.42 Å². The van der Waals surface area contributed by atoms with Crippen molar-refractivity contribution in [3.63, 3.8) is 0 Å². The van der Waals surface area contributed by atoms with Crippen LogP contribution < -0.4 is 11.1 Å². The van der Waals surface area contributed by atoms with E-state index in [2.05, 4.69) is 32.0 Å². The average molecular weight is 208 g/mol. The van der Waals surface area contributed by atoms with Crippen molar-refractivity contribution in [2.75, 3.05) is 6.54 Å². The third-order valence-electron chi connectivity index (χ3n) is 3.71. The van der Waals surface area contributed by atoms with Gasteiger partial charge in [-0.1, -0.05) is 26.7 Å². The molecule has 1 saturated carbocycles.